The van der Waals surface area contributed by atoms with Gasteiger partial charge in [-0.15, -0.1) is 10.2 Å². The van der Waals surface area contributed by atoms with Crippen molar-refractivity contribution < 1.29 is 9.18 Å². The summed E-state index contributed by atoms with van der Waals surface area (Å²) in [6.07, 6.45) is 0. The van der Waals surface area contributed by atoms with Crippen LogP contribution in [0.1, 0.15) is 0 Å². The maximum Gasteiger partial charge on any atom is 0.230 e. The van der Waals surface area contributed by atoms with Crippen LogP contribution < -0.4 is 5.32 Å². The minimum atomic E-state index is -0.295. The van der Waals surface area contributed by atoms with Crippen molar-refractivity contribution >= 4 is 23.3 Å². The van der Waals surface area contributed by atoms with Gasteiger partial charge in [-0.25, -0.2) is 4.39 Å². The molecule has 1 N–H and O–H groups in total. The summed E-state index contributed by atoms with van der Waals surface area (Å²) in [6.45, 7) is 0. The van der Waals surface area contributed by atoms with E-state index in [1.165, 1.54) is 23.9 Å². The molecule has 0 unspecified atom stereocenters. The smallest absolute Gasteiger partial charge is 0.230 e. The summed E-state index contributed by atoms with van der Waals surface area (Å²) >= 11 is 1.25. The van der Waals surface area contributed by atoms with Crippen molar-refractivity contribution in [3.8, 4) is 11.3 Å². The summed E-state index contributed by atoms with van der Waals surface area (Å²) in [7, 11) is 1.58. The van der Waals surface area contributed by atoms with Crippen molar-refractivity contribution in [2.24, 2.45) is 0 Å². The normalized spacial score (nSPS) is 10.8. The molecule has 0 saturated carbocycles. The maximum atomic E-state index is 13.0. The zero-order chi connectivity index (χ0) is 15.5. The van der Waals surface area contributed by atoms with E-state index in [4.69, 9.17) is 0 Å². The minimum absolute atomic E-state index is 0.101. The molecule has 22 heavy (non-hydrogen) atoms. The highest BCUT2D eigenvalue weighted by Crippen LogP contribution is 2.20. The Morgan fingerprint density at radius 3 is 2.73 bits per heavy atom. The summed E-state index contributed by atoms with van der Waals surface area (Å²) in [6, 6.07) is 9.66. The number of hydrogen-bond acceptors (Lipinski definition) is 5. The molecule has 0 spiro atoms. The molecule has 0 aliphatic heterocycles. The average molecular weight is 317 g/mol. The first kappa shape index (κ1) is 14.5. The molecule has 1 amide bonds. The fraction of sp³-hybridized carbons (Fsp3) is 0.143. The second-order valence-electron chi connectivity index (χ2n) is 4.44. The average Bonchev–Trinajstić information content (AvgIpc) is 2.95. The number of nitrogens with one attached hydrogen (secondary N) is 1. The molecule has 0 aliphatic rings. The van der Waals surface area contributed by atoms with Crippen LogP contribution >= 0.6 is 11.8 Å². The number of aromatic nitrogens is 4. The van der Waals surface area contributed by atoms with Gasteiger partial charge in [0.25, 0.3) is 0 Å². The number of hydrogen-bond donors (Lipinski definition) is 1. The Kier molecular flexibility index (Phi) is 4.01. The number of thioether (sulfide) groups is 1. The predicted octanol–water partition coefficient (Wildman–Crippen LogP) is 1.77. The number of carbonyl (C=O) groups excluding carboxylic acids is 1. The van der Waals surface area contributed by atoms with Gasteiger partial charge in [-0.05, 0) is 36.4 Å². The standard InChI is InChI=1S/C14H12FN5OS/c1-16-13(21)8-22-14-18-17-12-7-6-11(19-20(12)14)9-2-4-10(15)5-3-9/h2-7H,8H2,1H3,(H,16,21). The highest BCUT2D eigenvalue weighted by atomic mass is 32.2. The lowest BCUT2D eigenvalue weighted by atomic mass is 10.1. The Morgan fingerprint density at radius 2 is 2.00 bits per heavy atom. The molecule has 3 aromatic rings. The van der Waals surface area contributed by atoms with Gasteiger partial charge in [0, 0.05) is 12.6 Å². The summed E-state index contributed by atoms with van der Waals surface area (Å²) in [4.78, 5) is 11.3. The van der Waals surface area contributed by atoms with E-state index in [9.17, 15) is 9.18 Å². The van der Waals surface area contributed by atoms with Gasteiger partial charge in [0.05, 0.1) is 11.4 Å². The lowest BCUT2D eigenvalue weighted by molar-refractivity contribution is -0.118. The number of halogens is 1. The number of carbonyl (C=O) groups is 1. The van der Waals surface area contributed by atoms with Crippen molar-refractivity contribution in [1.82, 2.24) is 25.1 Å². The van der Waals surface area contributed by atoms with Crippen molar-refractivity contribution in [3.05, 3.63) is 42.2 Å². The summed E-state index contributed by atoms with van der Waals surface area (Å²) < 4.78 is 14.6. The SMILES string of the molecule is CNC(=O)CSc1nnc2ccc(-c3ccc(F)cc3)nn12. The van der Waals surface area contributed by atoms with E-state index >= 15 is 0 Å². The molecule has 1 aromatic carbocycles. The van der Waals surface area contributed by atoms with Crippen molar-refractivity contribution in [1.29, 1.82) is 0 Å². The van der Waals surface area contributed by atoms with E-state index in [2.05, 4.69) is 20.6 Å². The first-order valence-corrected chi connectivity index (χ1v) is 7.48. The first-order valence-electron chi connectivity index (χ1n) is 6.49. The zero-order valence-electron chi connectivity index (χ0n) is 11.7. The van der Waals surface area contributed by atoms with E-state index in [0.717, 1.165) is 5.56 Å². The summed E-state index contributed by atoms with van der Waals surface area (Å²) in [5.74, 6) is -0.160. The number of amides is 1. The van der Waals surface area contributed by atoms with Crippen LogP contribution in [-0.4, -0.2) is 38.5 Å². The van der Waals surface area contributed by atoms with Gasteiger partial charge in [0.1, 0.15) is 5.82 Å². The maximum absolute atomic E-state index is 13.0. The fourth-order valence-electron chi connectivity index (χ4n) is 1.84. The molecule has 112 valence electrons. The van der Waals surface area contributed by atoms with E-state index in [1.54, 1.807) is 35.8 Å². The Balaban J connectivity index is 1.94. The molecule has 6 nitrogen and oxygen atoms in total. The molecule has 8 heteroatoms. The number of nitrogens with zero attached hydrogens (tertiary/aromatic N) is 4. The lowest BCUT2D eigenvalue weighted by Gasteiger charge is -2.03. The third-order valence-electron chi connectivity index (χ3n) is 2.99. The van der Waals surface area contributed by atoms with Crippen LogP contribution in [0.5, 0.6) is 0 Å². The zero-order valence-corrected chi connectivity index (χ0v) is 12.5. The van der Waals surface area contributed by atoms with Gasteiger partial charge in [0.2, 0.25) is 11.1 Å². The Bertz CT molecular complexity index is 818. The number of benzene rings is 1. The fourth-order valence-corrected chi connectivity index (χ4v) is 2.60. The minimum Gasteiger partial charge on any atom is -0.358 e. The van der Waals surface area contributed by atoms with Gasteiger partial charge < -0.3 is 5.32 Å². The van der Waals surface area contributed by atoms with Gasteiger partial charge in [0.15, 0.2) is 5.65 Å². The van der Waals surface area contributed by atoms with Crippen LogP contribution in [0.15, 0.2) is 41.6 Å². The molecule has 0 atom stereocenters. The molecule has 0 radical (unpaired) electrons. The summed E-state index contributed by atoms with van der Waals surface area (Å²) in [5, 5.41) is 15.6. The van der Waals surface area contributed by atoms with E-state index in [1.807, 2.05) is 0 Å². The van der Waals surface area contributed by atoms with Crippen LogP contribution in [0.25, 0.3) is 16.9 Å². The van der Waals surface area contributed by atoms with Gasteiger partial charge >= 0.3 is 0 Å². The third kappa shape index (κ3) is 2.91. The molecule has 0 fully saturated rings. The molecule has 3 rings (SSSR count). The van der Waals surface area contributed by atoms with E-state index < -0.39 is 0 Å². The first-order chi connectivity index (χ1) is 10.7. The monoisotopic (exact) mass is 317 g/mol. The largest absolute Gasteiger partial charge is 0.358 e. The topological polar surface area (TPSA) is 72.2 Å². The van der Waals surface area contributed by atoms with E-state index in [-0.39, 0.29) is 17.5 Å². The second-order valence-corrected chi connectivity index (χ2v) is 5.38. The molecule has 0 bridgehead atoms. The van der Waals surface area contributed by atoms with Crippen LogP contribution in [0.3, 0.4) is 0 Å². The Hall–Kier alpha value is -2.48. The molecular weight excluding hydrogens is 305 g/mol. The predicted molar refractivity (Wildman–Crippen MR) is 81.0 cm³/mol. The van der Waals surface area contributed by atoms with Crippen molar-refractivity contribution in [3.63, 3.8) is 0 Å². The van der Waals surface area contributed by atoms with Gasteiger partial charge in [-0.2, -0.15) is 9.61 Å². The van der Waals surface area contributed by atoms with Crippen LogP contribution in [0.2, 0.25) is 0 Å². The Morgan fingerprint density at radius 1 is 1.23 bits per heavy atom. The molecule has 2 heterocycles. The van der Waals surface area contributed by atoms with Crippen LogP contribution in [-0.2, 0) is 4.79 Å². The lowest BCUT2D eigenvalue weighted by Crippen LogP contribution is -2.19. The molecular formula is C14H12FN5OS. The molecule has 0 aliphatic carbocycles. The Labute approximate surface area is 129 Å². The molecule has 0 saturated heterocycles. The van der Waals surface area contributed by atoms with Crippen molar-refractivity contribution in [2.45, 2.75) is 5.16 Å². The quantitative estimate of drug-likeness (QED) is 0.743. The highest BCUT2D eigenvalue weighted by molar-refractivity contribution is 7.99. The van der Waals surface area contributed by atoms with Crippen LogP contribution in [0, 0.1) is 5.82 Å². The third-order valence-corrected chi connectivity index (χ3v) is 3.90. The highest BCUT2D eigenvalue weighted by Gasteiger charge is 2.11. The second kappa shape index (κ2) is 6.10. The number of fused-ring (bicyclic) bond motifs is 1. The number of rotatable bonds is 4. The van der Waals surface area contributed by atoms with Gasteiger partial charge in [-0.1, -0.05) is 11.8 Å². The van der Waals surface area contributed by atoms with Gasteiger partial charge in [-0.3, -0.25) is 4.79 Å². The summed E-state index contributed by atoms with van der Waals surface area (Å²) in [5.41, 5.74) is 2.05. The molecule has 2 aromatic heterocycles. The van der Waals surface area contributed by atoms with Crippen molar-refractivity contribution in [2.75, 3.05) is 12.8 Å². The van der Waals surface area contributed by atoms with E-state index in [0.29, 0.717) is 16.5 Å². The van der Waals surface area contributed by atoms with Crippen LogP contribution in [0.4, 0.5) is 4.39 Å².